The standard InChI is InChI=1S/C24H27ClN4O5/c1-14(23(33)29-19(22(27)32)13-21(26)31)11-20(30)18(12-15-7-3-2-4-8-15)28-24(34)16-9-5-6-10-17(16)25/h2-10,14,18-19H,11-13H2,1H3,(H2,26,31)(H2,27,32)(H,28,34)(H,29,33)/t14-,18+,19+/m1/s1. The monoisotopic (exact) mass is 486 g/mol. The molecule has 0 aromatic heterocycles. The summed E-state index contributed by atoms with van der Waals surface area (Å²) in [6, 6.07) is 13.3. The average Bonchev–Trinajstić information content (AvgIpc) is 2.78. The van der Waals surface area contributed by atoms with E-state index in [1.807, 2.05) is 30.3 Å². The number of ketones is 1. The molecule has 0 unspecified atom stereocenters. The summed E-state index contributed by atoms with van der Waals surface area (Å²) >= 11 is 6.11. The molecular formula is C24H27ClN4O5. The first-order chi connectivity index (χ1) is 16.1. The van der Waals surface area contributed by atoms with Crippen LogP contribution in [0.3, 0.4) is 0 Å². The van der Waals surface area contributed by atoms with E-state index in [0.717, 1.165) is 5.56 Å². The van der Waals surface area contributed by atoms with Crippen molar-refractivity contribution in [2.24, 2.45) is 17.4 Å². The van der Waals surface area contributed by atoms with Crippen molar-refractivity contribution in [3.8, 4) is 0 Å². The van der Waals surface area contributed by atoms with Crippen LogP contribution in [0.25, 0.3) is 0 Å². The molecule has 0 saturated carbocycles. The van der Waals surface area contributed by atoms with E-state index in [4.69, 9.17) is 23.1 Å². The van der Waals surface area contributed by atoms with Crippen molar-refractivity contribution in [2.45, 2.75) is 38.3 Å². The summed E-state index contributed by atoms with van der Waals surface area (Å²) in [4.78, 5) is 61.0. The third kappa shape index (κ3) is 8.00. The Morgan fingerprint density at radius 2 is 1.47 bits per heavy atom. The molecule has 0 bridgehead atoms. The molecule has 4 amide bonds. The van der Waals surface area contributed by atoms with Gasteiger partial charge >= 0.3 is 0 Å². The lowest BCUT2D eigenvalue weighted by Crippen LogP contribution is -2.49. The molecule has 0 aliphatic rings. The summed E-state index contributed by atoms with van der Waals surface area (Å²) in [5.41, 5.74) is 11.3. The number of carbonyl (C=O) groups excluding carboxylic acids is 5. The van der Waals surface area contributed by atoms with E-state index < -0.39 is 53.8 Å². The quantitative estimate of drug-likeness (QED) is 0.353. The van der Waals surface area contributed by atoms with Gasteiger partial charge in [0, 0.05) is 12.3 Å². The van der Waals surface area contributed by atoms with Gasteiger partial charge in [-0.05, 0) is 24.1 Å². The van der Waals surface area contributed by atoms with Crippen LogP contribution in [0.1, 0.15) is 35.7 Å². The molecule has 3 atom stereocenters. The van der Waals surface area contributed by atoms with Gasteiger partial charge in [-0.25, -0.2) is 0 Å². The summed E-state index contributed by atoms with van der Waals surface area (Å²) in [5.74, 6) is -4.14. The molecule has 34 heavy (non-hydrogen) atoms. The minimum atomic E-state index is -1.28. The first-order valence-corrected chi connectivity index (χ1v) is 11.0. The van der Waals surface area contributed by atoms with Crippen molar-refractivity contribution in [2.75, 3.05) is 0 Å². The van der Waals surface area contributed by atoms with E-state index in [0.29, 0.717) is 0 Å². The van der Waals surface area contributed by atoms with Crippen LogP contribution in [-0.2, 0) is 25.6 Å². The zero-order valence-corrected chi connectivity index (χ0v) is 19.4. The number of amides is 4. The number of hydrogen-bond acceptors (Lipinski definition) is 5. The highest BCUT2D eigenvalue weighted by Crippen LogP contribution is 2.16. The topological polar surface area (TPSA) is 161 Å². The molecule has 2 aromatic rings. The minimum Gasteiger partial charge on any atom is -0.370 e. The SMILES string of the molecule is C[C@H](CC(=O)[C@H](Cc1ccccc1)NC(=O)c1ccccc1Cl)C(=O)N[C@@H](CC(N)=O)C(N)=O. The van der Waals surface area contributed by atoms with E-state index in [1.165, 1.54) is 6.92 Å². The Balaban J connectivity index is 2.14. The molecule has 0 spiro atoms. The molecule has 0 radical (unpaired) electrons. The zero-order chi connectivity index (χ0) is 25.3. The Morgan fingerprint density at radius 1 is 0.853 bits per heavy atom. The molecule has 0 heterocycles. The van der Waals surface area contributed by atoms with Crippen LogP contribution in [-0.4, -0.2) is 41.5 Å². The number of nitrogens with two attached hydrogens (primary N) is 2. The van der Waals surface area contributed by atoms with Crippen molar-refractivity contribution in [1.82, 2.24) is 10.6 Å². The molecule has 2 aromatic carbocycles. The number of carbonyl (C=O) groups is 5. The van der Waals surface area contributed by atoms with Gasteiger partial charge in [0.25, 0.3) is 5.91 Å². The summed E-state index contributed by atoms with van der Waals surface area (Å²) in [6.45, 7) is 1.49. The van der Waals surface area contributed by atoms with Gasteiger partial charge in [0.2, 0.25) is 17.7 Å². The molecule has 9 nitrogen and oxygen atoms in total. The Labute approximate surface area is 202 Å². The molecule has 6 N–H and O–H groups in total. The van der Waals surface area contributed by atoms with Crippen LogP contribution < -0.4 is 22.1 Å². The van der Waals surface area contributed by atoms with Crippen molar-refractivity contribution in [3.63, 3.8) is 0 Å². The fraction of sp³-hybridized carbons (Fsp3) is 0.292. The number of rotatable bonds is 12. The highest BCUT2D eigenvalue weighted by molar-refractivity contribution is 6.33. The number of nitrogens with one attached hydrogen (secondary N) is 2. The molecule has 0 saturated heterocycles. The maximum absolute atomic E-state index is 13.1. The lowest BCUT2D eigenvalue weighted by atomic mass is 9.94. The number of Topliss-reactive ketones (excluding diaryl/α,β-unsaturated/α-hetero) is 1. The van der Waals surface area contributed by atoms with Crippen LogP contribution in [0.2, 0.25) is 5.02 Å². The number of benzene rings is 2. The second kappa shape index (κ2) is 12.5. The van der Waals surface area contributed by atoms with Crippen molar-refractivity contribution >= 4 is 41.0 Å². The normalized spacial score (nSPS) is 13.2. The largest absolute Gasteiger partial charge is 0.370 e. The van der Waals surface area contributed by atoms with Gasteiger partial charge in [0.05, 0.1) is 23.0 Å². The highest BCUT2D eigenvalue weighted by atomic mass is 35.5. The van der Waals surface area contributed by atoms with Gasteiger partial charge in [0.15, 0.2) is 5.78 Å². The van der Waals surface area contributed by atoms with Gasteiger partial charge in [-0.3, -0.25) is 24.0 Å². The fourth-order valence-electron chi connectivity index (χ4n) is 3.25. The summed E-state index contributed by atoms with van der Waals surface area (Å²) in [7, 11) is 0. The minimum absolute atomic E-state index is 0.204. The van der Waals surface area contributed by atoms with Crippen molar-refractivity contribution in [1.29, 1.82) is 0 Å². The highest BCUT2D eigenvalue weighted by Gasteiger charge is 2.28. The van der Waals surface area contributed by atoms with Crippen molar-refractivity contribution in [3.05, 3.63) is 70.7 Å². The smallest absolute Gasteiger partial charge is 0.253 e. The molecule has 0 aliphatic carbocycles. The second-order valence-electron chi connectivity index (χ2n) is 7.90. The molecule has 0 aliphatic heterocycles. The predicted octanol–water partition coefficient (Wildman–Crippen LogP) is 1.12. The fourth-order valence-corrected chi connectivity index (χ4v) is 3.47. The van der Waals surface area contributed by atoms with Crippen molar-refractivity contribution < 1.29 is 24.0 Å². The van der Waals surface area contributed by atoms with Gasteiger partial charge in [-0.1, -0.05) is 61.0 Å². The molecule has 10 heteroatoms. The molecular weight excluding hydrogens is 460 g/mol. The van der Waals surface area contributed by atoms with E-state index in [2.05, 4.69) is 10.6 Å². The molecule has 0 fully saturated rings. The van der Waals surface area contributed by atoms with Crippen LogP contribution >= 0.6 is 11.6 Å². The Hall–Kier alpha value is -3.72. The summed E-state index contributed by atoms with van der Waals surface area (Å²) < 4.78 is 0. The lowest BCUT2D eigenvalue weighted by molar-refractivity contribution is -0.133. The van der Waals surface area contributed by atoms with E-state index in [9.17, 15) is 24.0 Å². The van der Waals surface area contributed by atoms with Gasteiger partial charge < -0.3 is 22.1 Å². The van der Waals surface area contributed by atoms with Crippen LogP contribution in [0, 0.1) is 5.92 Å². The Kier molecular flexibility index (Phi) is 9.76. The third-order valence-electron chi connectivity index (χ3n) is 5.12. The van der Waals surface area contributed by atoms with E-state index in [-0.39, 0.29) is 23.4 Å². The lowest BCUT2D eigenvalue weighted by Gasteiger charge is -2.21. The van der Waals surface area contributed by atoms with Gasteiger partial charge in [0.1, 0.15) is 6.04 Å². The van der Waals surface area contributed by atoms with Crippen LogP contribution in [0.5, 0.6) is 0 Å². The number of primary amides is 2. The Bertz CT molecular complexity index is 1060. The number of halogens is 1. The first kappa shape index (κ1) is 26.5. The molecule has 2 rings (SSSR count). The van der Waals surface area contributed by atoms with Gasteiger partial charge in [-0.2, -0.15) is 0 Å². The number of hydrogen-bond donors (Lipinski definition) is 4. The van der Waals surface area contributed by atoms with E-state index >= 15 is 0 Å². The predicted molar refractivity (Wildman–Crippen MR) is 127 cm³/mol. The zero-order valence-electron chi connectivity index (χ0n) is 18.6. The second-order valence-corrected chi connectivity index (χ2v) is 8.31. The first-order valence-electron chi connectivity index (χ1n) is 10.6. The van der Waals surface area contributed by atoms with E-state index in [1.54, 1.807) is 24.3 Å². The maximum Gasteiger partial charge on any atom is 0.253 e. The third-order valence-corrected chi connectivity index (χ3v) is 5.44. The van der Waals surface area contributed by atoms with Crippen LogP contribution in [0.15, 0.2) is 54.6 Å². The maximum atomic E-state index is 13.1. The van der Waals surface area contributed by atoms with Gasteiger partial charge in [-0.15, -0.1) is 0 Å². The molecule has 180 valence electrons. The Morgan fingerprint density at radius 3 is 2.06 bits per heavy atom. The summed E-state index contributed by atoms with van der Waals surface area (Å²) in [5, 5.41) is 5.30. The average molecular weight is 487 g/mol. The summed E-state index contributed by atoms with van der Waals surface area (Å²) in [6.07, 6.45) is -0.476. The van der Waals surface area contributed by atoms with Crippen LogP contribution in [0.4, 0.5) is 0 Å².